The third-order valence-corrected chi connectivity index (χ3v) is 3.47. The van der Waals surface area contributed by atoms with Gasteiger partial charge in [-0.25, -0.2) is 0 Å². The van der Waals surface area contributed by atoms with Crippen molar-refractivity contribution in [3.63, 3.8) is 0 Å². The molecule has 1 heterocycles. The summed E-state index contributed by atoms with van der Waals surface area (Å²) in [5, 5.41) is 5.63. The van der Waals surface area contributed by atoms with Gasteiger partial charge in [-0.3, -0.25) is 9.59 Å². The number of amides is 2. The Morgan fingerprint density at radius 3 is 2.41 bits per heavy atom. The Hall–Kier alpha value is -1.10. The lowest BCUT2D eigenvalue weighted by molar-refractivity contribution is -0.146. The van der Waals surface area contributed by atoms with Crippen LogP contribution in [0.2, 0.25) is 0 Å². The largest absolute Gasteiger partial charge is 0.357 e. The van der Waals surface area contributed by atoms with Crippen LogP contribution in [0.25, 0.3) is 0 Å². The Balaban J connectivity index is 2.85. The highest BCUT2D eigenvalue weighted by atomic mass is 16.2. The van der Waals surface area contributed by atoms with Crippen molar-refractivity contribution in [2.45, 2.75) is 44.7 Å². The first kappa shape index (κ1) is 14.0. The molecule has 1 unspecified atom stereocenters. The minimum absolute atomic E-state index is 0.00620. The normalized spacial score (nSPS) is 21.2. The van der Waals surface area contributed by atoms with Gasteiger partial charge in [0.05, 0.1) is 5.54 Å². The Morgan fingerprint density at radius 1 is 1.24 bits per heavy atom. The second-order valence-corrected chi connectivity index (χ2v) is 5.00. The zero-order chi connectivity index (χ0) is 13.1. The summed E-state index contributed by atoms with van der Waals surface area (Å²) < 4.78 is 0. The lowest BCUT2D eigenvalue weighted by atomic mass is 9.96. The standard InChI is InChI=1S/C12H23N3O2/c1-12(2,14-4)11(17)15-8-6-5-7-9(15)10(16)13-3/h9,14H,5-8H2,1-4H3,(H,13,16). The van der Waals surface area contributed by atoms with Crippen molar-refractivity contribution in [2.24, 2.45) is 0 Å². The maximum absolute atomic E-state index is 12.4. The Bertz CT molecular complexity index is 302. The Morgan fingerprint density at radius 2 is 1.88 bits per heavy atom. The summed E-state index contributed by atoms with van der Waals surface area (Å²) in [6, 6.07) is -0.311. The van der Waals surface area contributed by atoms with Crippen molar-refractivity contribution in [1.29, 1.82) is 0 Å². The highest BCUT2D eigenvalue weighted by Gasteiger charge is 2.38. The van der Waals surface area contributed by atoms with E-state index in [0.717, 1.165) is 19.3 Å². The molecule has 0 aromatic rings. The van der Waals surface area contributed by atoms with Crippen LogP contribution in [-0.2, 0) is 9.59 Å². The van der Waals surface area contributed by atoms with Gasteiger partial charge in [0.1, 0.15) is 6.04 Å². The maximum Gasteiger partial charge on any atom is 0.242 e. The number of hydrogen-bond donors (Lipinski definition) is 2. The van der Waals surface area contributed by atoms with Crippen LogP contribution in [0, 0.1) is 0 Å². The molecular weight excluding hydrogens is 218 g/mol. The fourth-order valence-corrected chi connectivity index (χ4v) is 2.08. The van der Waals surface area contributed by atoms with Gasteiger partial charge >= 0.3 is 0 Å². The Labute approximate surface area is 103 Å². The van der Waals surface area contributed by atoms with Gasteiger partial charge in [-0.2, -0.15) is 0 Å². The van der Waals surface area contributed by atoms with Gasteiger partial charge in [-0.05, 0) is 40.2 Å². The zero-order valence-electron chi connectivity index (χ0n) is 11.2. The average Bonchev–Trinajstić information content (AvgIpc) is 2.36. The van der Waals surface area contributed by atoms with Crippen LogP contribution in [0.4, 0.5) is 0 Å². The predicted molar refractivity (Wildman–Crippen MR) is 66.6 cm³/mol. The van der Waals surface area contributed by atoms with E-state index >= 15 is 0 Å². The van der Waals surface area contributed by atoms with Crippen LogP contribution in [0.1, 0.15) is 33.1 Å². The van der Waals surface area contributed by atoms with E-state index in [9.17, 15) is 9.59 Å². The molecule has 2 amide bonds. The van der Waals surface area contributed by atoms with E-state index in [1.807, 2.05) is 13.8 Å². The van der Waals surface area contributed by atoms with E-state index in [-0.39, 0.29) is 17.9 Å². The summed E-state index contributed by atoms with van der Waals surface area (Å²) >= 11 is 0. The molecule has 1 fully saturated rings. The van der Waals surface area contributed by atoms with Gasteiger partial charge in [0.15, 0.2) is 0 Å². The van der Waals surface area contributed by atoms with E-state index in [2.05, 4.69) is 10.6 Å². The topological polar surface area (TPSA) is 61.4 Å². The number of hydrogen-bond acceptors (Lipinski definition) is 3. The lowest BCUT2D eigenvalue weighted by Gasteiger charge is -2.39. The summed E-state index contributed by atoms with van der Waals surface area (Å²) in [5.41, 5.74) is -0.621. The molecule has 5 heteroatoms. The summed E-state index contributed by atoms with van der Waals surface area (Å²) in [6.45, 7) is 4.34. The van der Waals surface area contributed by atoms with Crippen LogP contribution in [-0.4, -0.2) is 48.9 Å². The van der Waals surface area contributed by atoms with Crippen LogP contribution in [0.3, 0.4) is 0 Å². The monoisotopic (exact) mass is 241 g/mol. The van der Waals surface area contributed by atoms with Crippen molar-refractivity contribution in [3.05, 3.63) is 0 Å². The quantitative estimate of drug-likeness (QED) is 0.737. The first-order valence-corrected chi connectivity index (χ1v) is 6.15. The fourth-order valence-electron chi connectivity index (χ4n) is 2.08. The summed E-state index contributed by atoms with van der Waals surface area (Å²) in [7, 11) is 3.37. The molecule has 1 aliphatic rings. The molecule has 17 heavy (non-hydrogen) atoms. The van der Waals surface area contributed by atoms with Crippen molar-refractivity contribution in [2.75, 3.05) is 20.6 Å². The van der Waals surface area contributed by atoms with Gasteiger partial charge in [0.2, 0.25) is 11.8 Å². The van der Waals surface area contributed by atoms with E-state index in [0.29, 0.717) is 6.54 Å². The first-order chi connectivity index (χ1) is 7.94. The van der Waals surface area contributed by atoms with Crippen molar-refractivity contribution in [3.8, 4) is 0 Å². The molecule has 5 nitrogen and oxygen atoms in total. The summed E-state index contributed by atoms with van der Waals surface area (Å²) in [6.07, 6.45) is 2.73. The van der Waals surface area contributed by atoms with Crippen molar-refractivity contribution >= 4 is 11.8 Å². The predicted octanol–water partition coefficient (Wildman–Crippen LogP) is 0.112. The molecule has 98 valence electrons. The molecule has 1 aliphatic heterocycles. The van der Waals surface area contributed by atoms with Crippen LogP contribution < -0.4 is 10.6 Å². The molecule has 1 atom stereocenters. The average molecular weight is 241 g/mol. The highest BCUT2D eigenvalue weighted by molar-refractivity contribution is 5.91. The smallest absolute Gasteiger partial charge is 0.242 e. The summed E-state index contributed by atoms with van der Waals surface area (Å²) in [5.74, 6) is -0.0711. The minimum Gasteiger partial charge on any atom is -0.357 e. The van der Waals surface area contributed by atoms with E-state index in [1.165, 1.54) is 0 Å². The molecule has 0 radical (unpaired) electrons. The number of nitrogens with one attached hydrogen (secondary N) is 2. The van der Waals surface area contributed by atoms with E-state index < -0.39 is 5.54 Å². The Kier molecular flexibility index (Phi) is 4.51. The van der Waals surface area contributed by atoms with Crippen LogP contribution >= 0.6 is 0 Å². The van der Waals surface area contributed by atoms with Gasteiger partial charge < -0.3 is 15.5 Å². The number of rotatable bonds is 3. The number of piperidine rings is 1. The minimum atomic E-state index is -0.621. The molecule has 0 aliphatic carbocycles. The maximum atomic E-state index is 12.4. The lowest BCUT2D eigenvalue weighted by Crippen LogP contribution is -2.59. The second kappa shape index (κ2) is 5.49. The molecule has 2 N–H and O–H groups in total. The SMILES string of the molecule is CNC(=O)C1CCCCN1C(=O)C(C)(C)NC. The number of carbonyl (C=O) groups excluding carboxylic acids is 2. The van der Waals surface area contributed by atoms with Gasteiger partial charge in [-0.15, -0.1) is 0 Å². The van der Waals surface area contributed by atoms with E-state index in [1.54, 1.807) is 19.0 Å². The van der Waals surface area contributed by atoms with E-state index in [4.69, 9.17) is 0 Å². The van der Waals surface area contributed by atoms with Gasteiger partial charge in [0.25, 0.3) is 0 Å². The number of likely N-dealkylation sites (tertiary alicyclic amines) is 1. The summed E-state index contributed by atoms with van der Waals surface area (Å²) in [4.78, 5) is 25.8. The van der Waals surface area contributed by atoms with Crippen molar-refractivity contribution in [1.82, 2.24) is 15.5 Å². The highest BCUT2D eigenvalue weighted by Crippen LogP contribution is 2.20. The molecule has 0 aromatic carbocycles. The third-order valence-electron chi connectivity index (χ3n) is 3.47. The van der Waals surface area contributed by atoms with Gasteiger partial charge in [-0.1, -0.05) is 0 Å². The number of likely N-dealkylation sites (N-methyl/N-ethyl adjacent to an activating group) is 2. The van der Waals surface area contributed by atoms with Crippen molar-refractivity contribution < 1.29 is 9.59 Å². The first-order valence-electron chi connectivity index (χ1n) is 6.15. The fraction of sp³-hybridized carbons (Fsp3) is 0.833. The molecule has 0 aromatic heterocycles. The third kappa shape index (κ3) is 2.97. The zero-order valence-corrected chi connectivity index (χ0v) is 11.2. The molecule has 0 saturated carbocycles. The molecule has 0 spiro atoms. The molecule has 1 saturated heterocycles. The molecular formula is C12H23N3O2. The molecule has 1 rings (SSSR count). The molecule has 0 bridgehead atoms. The number of nitrogens with zero attached hydrogens (tertiary/aromatic N) is 1. The second-order valence-electron chi connectivity index (χ2n) is 5.00. The van der Waals surface area contributed by atoms with Crippen LogP contribution in [0.5, 0.6) is 0 Å². The van der Waals surface area contributed by atoms with Gasteiger partial charge in [0, 0.05) is 13.6 Å². The van der Waals surface area contributed by atoms with Crippen LogP contribution in [0.15, 0.2) is 0 Å². The number of carbonyl (C=O) groups is 2.